The number of alkyl halides is 1. The summed E-state index contributed by atoms with van der Waals surface area (Å²) in [6.45, 7) is 3.07. The molecule has 0 fully saturated rings. The number of nitrogens with zero attached hydrogens (tertiary/aromatic N) is 2. The predicted molar refractivity (Wildman–Crippen MR) is 96.9 cm³/mol. The van der Waals surface area contributed by atoms with Gasteiger partial charge in [0, 0.05) is 10.1 Å². The Morgan fingerprint density at radius 1 is 1.19 bits per heavy atom. The predicted octanol–water partition coefficient (Wildman–Crippen LogP) is 4.93. The van der Waals surface area contributed by atoms with E-state index in [9.17, 15) is 0 Å². The maximum Gasteiger partial charge on any atom is 0.124 e. The van der Waals surface area contributed by atoms with Crippen molar-refractivity contribution in [3.63, 3.8) is 0 Å². The molecular formula is C17H16ClIN2. The minimum absolute atomic E-state index is 0.443. The van der Waals surface area contributed by atoms with E-state index < -0.39 is 0 Å². The van der Waals surface area contributed by atoms with Crippen LogP contribution in [0.1, 0.15) is 17.0 Å². The molecule has 0 radical (unpaired) electrons. The Hall–Kier alpha value is -1.07. The van der Waals surface area contributed by atoms with Gasteiger partial charge >= 0.3 is 0 Å². The third kappa shape index (κ3) is 3.09. The maximum atomic E-state index is 6.07. The number of benzene rings is 2. The average Bonchev–Trinajstić information content (AvgIpc) is 2.83. The van der Waals surface area contributed by atoms with Crippen LogP contribution < -0.4 is 0 Å². The number of aryl methyl sites for hydroxylation is 3. The zero-order chi connectivity index (χ0) is 14.8. The number of hydrogen-bond acceptors (Lipinski definition) is 1. The van der Waals surface area contributed by atoms with Crippen LogP contribution in [0.5, 0.6) is 0 Å². The van der Waals surface area contributed by atoms with E-state index in [1.807, 2.05) is 0 Å². The quantitative estimate of drug-likeness (QED) is 0.440. The van der Waals surface area contributed by atoms with Crippen LogP contribution in [0.3, 0.4) is 0 Å². The first kappa shape index (κ1) is 14.9. The molecule has 0 spiro atoms. The van der Waals surface area contributed by atoms with Crippen LogP contribution >= 0.6 is 34.2 Å². The minimum Gasteiger partial charge on any atom is -0.327 e. The van der Waals surface area contributed by atoms with Gasteiger partial charge < -0.3 is 4.57 Å². The van der Waals surface area contributed by atoms with Crippen molar-refractivity contribution in [1.29, 1.82) is 0 Å². The van der Waals surface area contributed by atoms with Gasteiger partial charge in [-0.3, -0.25) is 0 Å². The van der Waals surface area contributed by atoms with Crippen LogP contribution in [0.25, 0.3) is 11.0 Å². The largest absolute Gasteiger partial charge is 0.327 e. The van der Waals surface area contributed by atoms with Crippen molar-refractivity contribution < 1.29 is 0 Å². The van der Waals surface area contributed by atoms with Crippen molar-refractivity contribution >= 4 is 45.2 Å². The van der Waals surface area contributed by atoms with Crippen LogP contribution in [0.2, 0.25) is 0 Å². The van der Waals surface area contributed by atoms with Gasteiger partial charge in [-0.05, 0) is 65.3 Å². The number of aromatic nitrogens is 2. The van der Waals surface area contributed by atoms with E-state index in [1.165, 1.54) is 20.2 Å². The van der Waals surface area contributed by atoms with Crippen LogP contribution in [0.4, 0.5) is 0 Å². The van der Waals surface area contributed by atoms with Crippen molar-refractivity contribution in [2.45, 2.75) is 25.8 Å². The fourth-order valence-corrected chi connectivity index (χ4v) is 3.31. The Bertz CT molecular complexity index is 780. The summed E-state index contributed by atoms with van der Waals surface area (Å²) in [7, 11) is 0. The molecule has 21 heavy (non-hydrogen) atoms. The van der Waals surface area contributed by atoms with Gasteiger partial charge in [-0.25, -0.2) is 4.98 Å². The Labute approximate surface area is 143 Å². The molecule has 1 heterocycles. The summed E-state index contributed by atoms with van der Waals surface area (Å²) in [5.41, 5.74) is 4.91. The Kier molecular flexibility index (Phi) is 4.50. The zero-order valence-electron chi connectivity index (χ0n) is 11.8. The number of fused-ring (bicyclic) bond motifs is 1. The number of hydrogen-bond donors (Lipinski definition) is 0. The third-order valence-corrected chi connectivity index (χ3v) is 4.68. The number of rotatable bonds is 4. The van der Waals surface area contributed by atoms with Crippen LogP contribution in [-0.2, 0) is 18.8 Å². The van der Waals surface area contributed by atoms with Crippen molar-refractivity contribution in [3.8, 4) is 0 Å². The molecule has 0 aliphatic carbocycles. The van der Waals surface area contributed by atoms with E-state index >= 15 is 0 Å². The fourth-order valence-electron chi connectivity index (χ4n) is 2.63. The molecule has 0 atom stereocenters. The van der Waals surface area contributed by atoms with E-state index in [0.29, 0.717) is 5.88 Å². The molecule has 0 bridgehead atoms. The van der Waals surface area contributed by atoms with Gasteiger partial charge in [-0.1, -0.05) is 24.3 Å². The Balaban J connectivity index is 1.94. The van der Waals surface area contributed by atoms with E-state index in [-0.39, 0.29) is 0 Å². The summed E-state index contributed by atoms with van der Waals surface area (Å²) in [5.74, 6) is 1.39. The highest BCUT2D eigenvalue weighted by molar-refractivity contribution is 14.1. The van der Waals surface area contributed by atoms with Gasteiger partial charge in [0.1, 0.15) is 5.82 Å². The second-order valence-corrected chi connectivity index (χ2v) is 6.64. The van der Waals surface area contributed by atoms with Crippen molar-refractivity contribution in [2.24, 2.45) is 0 Å². The molecule has 1 aromatic heterocycles. The first-order chi connectivity index (χ1) is 10.2. The van der Waals surface area contributed by atoms with Crippen LogP contribution in [0, 0.1) is 10.5 Å². The maximum absolute atomic E-state index is 6.07. The standard InChI is InChI=1S/C17H16ClIN2/c1-12-4-2-3-5-13(12)8-9-21-16-7-6-14(19)10-15(16)20-17(21)11-18/h2-7,10H,8-9,11H2,1H3. The molecule has 0 aliphatic heterocycles. The molecule has 0 saturated heterocycles. The Morgan fingerprint density at radius 3 is 2.76 bits per heavy atom. The summed E-state index contributed by atoms with van der Waals surface area (Å²) in [5, 5.41) is 0. The number of imidazole rings is 1. The lowest BCUT2D eigenvalue weighted by molar-refractivity contribution is 0.686. The number of halogens is 2. The first-order valence-corrected chi connectivity index (χ1v) is 8.55. The lowest BCUT2D eigenvalue weighted by Gasteiger charge is -2.09. The summed E-state index contributed by atoms with van der Waals surface area (Å²) < 4.78 is 3.44. The molecule has 108 valence electrons. The highest BCUT2D eigenvalue weighted by Crippen LogP contribution is 2.21. The molecule has 0 aliphatic rings. The van der Waals surface area contributed by atoms with E-state index in [4.69, 9.17) is 11.6 Å². The molecule has 3 aromatic rings. The fraction of sp³-hybridized carbons (Fsp3) is 0.235. The lowest BCUT2D eigenvalue weighted by atomic mass is 10.1. The smallest absolute Gasteiger partial charge is 0.124 e. The second-order valence-electron chi connectivity index (χ2n) is 5.12. The summed E-state index contributed by atoms with van der Waals surface area (Å²) in [6, 6.07) is 14.9. The SMILES string of the molecule is Cc1ccccc1CCn1c(CCl)nc2cc(I)ccc21. The van der Waals surface area contributed by atoms with Gasteiger partial charge in [-0.15, -0.1) is 11.6 Å². The normalized spacial score (nSPS) is 11.2. The van der Waals surface area contributed by atoms with Gasteiger partial charge in [0.15, 0.2) is 0 Å². The summed E-state index contributed by atoms with van der Waals surface area (Å²) >= 11 is 8.38. The van der Waals surface area contributed by atoms with E-state index in [1.54, 1.807) is 0 Å². The van der Waals surface area contributed by atoms with Gasteiger partial charge in [0.2, 0.25) is 0 Å². The van der Waals surface area contributed by atoms with Gasteiger partial charge in [-0.2, -0.15) is 0 Å². The summed E-state index contributed by atoms with van der Waals surface area (Å²) in [4.78, 5) is 4.65. The second kappa shape index (κ2) is 6.36. The van der Waals surface area contributed by atoms with Crippen molar-refractivity contribution in [3.05, 3.63) is 63.0 Å². The topological polar surface area (TPSA) is 17.8 Å². The van der Waals surface area contributed by atoms with Gasteiger partial charge in [0.05, 0.1) is 16.9 Å². The van der Waals surface area contributed by atoms with E-state index in [2.05, 4.69) is 81.5 Å². The molecule has 4 heteroatoms. The third-order valence-electron chi connectivity index (χ3n) is 3.77. The molecule has 2 aromatic carbocycles. The van der Waals surface area contributed by atoms with Crippen LogP contribution in [-0.4, -0.2) is 9.55 Å². The van der Waals surface area contributed by atoms with Crippen LogP contribution in [0.15, 0.2) is 42.5 Å². The zero-order valence-corrected chi connectivity index (χ0v) is 14.7. The Morgan fingerprint density at radius 2 is 2.00 bits per heavy atom. The molecule has 0 N–H and O–H groups in total. The molecule has 3 rings (SSSR count). The molecule has 0 saturated carbocycles. The highest BCUT2D eigenvalue weighted by atomic mass is 127. The molecular weight excluding hydrogens is 395 g/mol. The first-order valence-electron chi connectivity index (χ1n) is 6.94. The molecule has 0 amide bonds. The van der Waals surface area contributed by atoms with Gasteiger partial charge in [0.25, 0.3) is 0 Å². The van der Waals surface area contributed by atoms with Crippen molar-refractivity contribution in [2.75, 3.05) is 0 Å². The molecule has 0 unspecified atom stereocenters. The lowest BCUT2D eigenvalue weighted by Crippen LogP contribution is -2.05. The average molecular weight is 411 g/mol. The van der Waals surface area contributed by atoms with Crippen molar-refractivity contribution in [1.82, 2.24) is 9.55 Å². The molecule has 2 nitrogen and oxygen atoms in total. The van der Waals surface area contributed by atoms with E-state index in [0.717, 1.165) is 24.3 Å². The monoisotopic (exact) mass is 410 g/mol. The highest BCUT2D eigenvalue weighted by Gasteiger charge is 2.10. The summed E-state index contributed by atoms with van der Waals surface area (Å²) in [6.07, 6.45) is 0.994. The minimum atomic E-state index is 0.443.